The Morgan fingerprint density at radius 3 is 1.91 bits per heavy atom. The molecule has 0 saturated heterocycles. The van der Waals surface area contributed by atoms with Crippen LogP contribution in [-0.2, 0) is 5.41 Å². The lowest BCUT2D eigenvalue weighted by Gasteiger charge is -2.50. The molecule has 0 radical (unpaired) electrons. The molecule has 2 saturated carbocycles. The summed E-state index contributed by atoms with van der Waals surface area (Å²) in [7, 11) is 0. The molecule has 2 fully saturated rings. The fourth-order valence-electron chi connectivity index (χ4n) is 8.81. The Hall–Kier alpha value is -5.14. The number of aromatic nitrogens is 3. The Labute approximate surface area is 277 Å². The highest BCUT2D eigenvalue weighted by Crippen LogP contribution is 2.54. The third kappa shape index (κ3) is 5.61. The molecule has 4 atom stereocenters. The van der Waals surface area contributed by atoms with Gasteiger partial charge < -0.3 is 0 Å². The second kappa shape index (κ2) is 11.9. The van der Waals surface area contributed by atoms with Crippen molar-refractivity contribution < 1.29 is 0 Å². The van der Waals surface area contributed by atoms with Crippen molar-refractivity contribution in [2.45, 2.75) is 51.4 Å². The van der Waals surface area contributed by atoms with Gasteiger partial charge in [0.15, 0.2) is 17.5 Å². The van der Waals surface area contributed by atoms with Gasteiger partial charge in [0.05, 0.1) is 11.6 Å². The van der Waals surface area contributed by atoms with Crippen LogP contribution >= 0.6 is 0 Å². The summed E-state index contributed by atoms with van der Waals surface area (Å²) < 4.78 is 0. The molecule has 6 aromatic rings. The highest BCUT2D eigenvalue weighted by molar-refractivity contribution is 5.97. The van der Waals surface area contributed by atoms with Gasteiger partial charge in [0.25, 0.3) is 0 Å². The van der Waals surface area contributed by atoms with Gasteiger partial charge in [-0.1, -0.05) is 111 Å². The molecule has 0 amide bonds. The standard InChI is InChI=1S/C43H38N4/c1-28-20-31-21-29(2)25-43(24-28,26-31)37-17-15-33(16-18-37)41-45-40(32-8-4-3-5-9-32)46-42(47-41)36-12-6-10-35(23-36)38-13-7-11-34-22-30(27-44)14-19-39(34)38/h3-19,22-23,28-29,31H,20-21,24-26H2,1-2H3/t28-,29+,31-,43?. The van der Waals surface area contributed by atoms with Crippen molar-refractivity contribution in [3.8, 4) is 51.4 Å². The predicted octanol–water partition coefficient (Wildman–Crippen LogP) is 10.7. The summed E-state index contributed by atoms with van der Waals surface area (Å²) in [6, 6.07) is 42.1. The van der Waals surface area contributed by atoms with Gasteiger partial charge in [-0.05, 0) is 101 Å². The van der Waals surface area contributed by atoms with E-state index in [9.17, 15) is 5.26 Å². The number of hydrogen-bond donors (Lipinski definition) is 0. The van der Waals surface area contributed by atoms with Crippen molar-refractivity contribution >= 4 is 10.8 Å². The van der Waals surface area contributed by atoms with E-state index < -0.39 is 0 Å². The van der Waals surface area contributed by atoms with Crippen LogP contribution in [0.1, 0.15) is 57.1 Å². The highest BCUT2D eigenvalue weighted by atomic mass is 15.0. The molecule has 230 valence electrons. The molecule has 1 unspecified atom stereocenters. The number of rotatable bonds is 5. The number of fused-ring (bicyclic) bond motifs is 3. The Balaban J connectivity index is 1.20. The van der Waals surface area contributed by atoms with Crippen LogP contribution in [0.2, 0.25) is 0 Å². The van der Waals surface area contributed by atoms with Gasteiger partial charge in [0, 0.05) is 16.7 Å². The van der Waals surface area contributed by atoms with Crippen LogP contribution in [0.25, 0.3) is 56.1 Å². The first kappa shape index (κ1) is 29.3. The maximum Gasteiger partial charge on any atom is 0.164 e. The van der Waals surface area contributed by atoms with E-state index in [-0.39, 0.29) is 5.41 Å². The van der Waals surface area contributed by atoms with Crippen LogP contribution in [0.5, 0.6) is 0 Å². The van der Waals surface area contributed by atoms with Crippen LogP contribution < -0.4 is 0 Å². The zero-order valence-electron chi connectivity index (χ0n) is 27.0. The van der Waals surface area contributed by atoms with Crippen LogP contribution in [0.15, 0.2) is 115 Å². The van der Waals surface area contributed by atoms with E-state index in [1.807, 2.05) is 42.5 Å². The molecule has 2 aliphatic rings. The lowest BCUT2D eigenvalue weighted by Crippen LogP contribution is -2.42. The molecule has 4 nitrogen and oxygen atoms in total. The molecule has 4 heteroatoms. The summed E-state index contributed by atoms with van der Waals surface area (Å²) in [5.41, 5.74) is 7.51. The number of nitriles is 1. The molecule has 0 spiro atoms. The van der Waals surface area contributed by atoms with Gasteiger partial charge in [-0.15, -0.1) is 0 Å². The molecule has 2 bridgehead atoms. The summed E-state index contributed by atoms with van der Waals surface area (Å²) in [5, 5.41) is 11.6. The zero-order chi connectivity index (χ0) is 32.0. The van der Waals surface area contributed by atoms with Crippen molar-refractivity contribution in [2.75, 3.05) is 0 Å². The number of benzene rings is 5. The fourth-order valence-corrected chi connectivity index (χ4v) is 8.81. The van der Waals surface area contributed by atoms with Crippen molar-refractivity contribution in [1.82, 2.24) is 15.0 Å². The Kier molecular flexibility index (Phi) is 7.41. The molecule has 47 heavy (non-hydrogen) atoms. The molecule has 0 N–H and O–H groups in total. The van der Waals surface area contributed by atoms with E-state index in [1.54, 1.807) is 0 Å². The largest absolute Gasteiger partial charge is 0.208 e. The second-order valence-electron chi connectivity index (χ2n) is 14.1. The second-order valence-corrected chi connectivity index (χ2v) is 14.1. The summed E-state index contributed by atoms with van der Waals surface area (Å²) in [6.45, 7) is 4.89. The lowest BCUT2D eigenvalue weighted by molar-refractivity contribution is 0.0780. The molecule has 0 aliphatic heterocycles. The van der Waals surface area contributed by atoms with E-state index >= 15 is 0 Å². The fraction of sp³-hybridized carbons (Fsp3) is 0.256. The monoisotopic (exact) mass is 610 g/mol. The van der Waals surface area contributed by atoms with Gasteiger partial charge in [-0.2, -0.15) is 5.26 Å². The first-order valence-corrected chi connectivity index (χ1v) is 16.9. The maximum atomic E-state index is 9.41. The molecule has 1 aromatic heterocycles. The Bertz CT molecular complexity index is 2110. The molecular formula is C43H38N4. The minimum atomic E-state index is 0.288. The molecule has 1 heterocycles. The first-order valence-electron chi connectivity index (χ1n) is 16.9. The minimum Gasteiger partial charge on any atom is -0.208 e. The van der Waals surface area contributed by atoms with Gasteiger partial charge in [-0.25, -0.2) is 15.0 Å². The van der Waals surface area contributed by atoms with Crippen LogP contribution in [-0.4, -0.2) is 15.0 Å². The summed E-state index contributed by atoms with van der Waals surface area (Å²) >= 11 is 0. The molecular weight excluding hydrogens is 573 g/mol. The van der Waals surface area contributed by atoms with Crippen molar-refractivity contribution in [1.29, 1.82) is 5.26 Å². The van der Waals surface area contributed by atoms with E-state index in [1.165, 1.54) is 37.7 Å². The SMILES string of the molecule is C[C@@H]1C[C@@H]2C[C@H](C)CC(c3ccc(-c4nc(-c5ccccc5)nc(-c5cccc(-c6cccc7cc(C#N)ccc67)c5)n4)cc3)(C1)C2. The van der Waals surface area contributed by atoms with Crippen LogP contribution in [0.3, 0.4) is 0 Å². The van der Waals surface area contributed by atoms with E-state index in [0.717, 1.165) is 56.3 Å². The summed E-state index contributed by atoms with van der Waals surface area (Å²) in [4.78, 5) is 15.1. The van der Waals surface area contributed by atoms with Crippen LogP contribution in [0.4, 0.5) is 0 Å². The third-order valence-corrected chi connectivity index (χ3v) is 10.5. The Morgan fingerprint density at radius 1 is 0.596 bits per heavy atom. The number of nitrogens with zero attached hydrogens (tertiary/aromatic N) is 4. The minimum absolute atomic E-state index is 0.288. The van der Waals surface area contributed by atoms with Crippen LogP contribution in [0, 0.1) is 29.1 Å². The predicted molar refractivity (Wildman–Crippen MR) is 190 cm³/mol. The molecule has 5 aromatic carbocycles. The number of hydrogen-bond acceptors (Lipinski definition) is 4. The van der Waals surface area contributed by atoms with Gasteiger partial charge >= 0.3 is 0 Å². The topological polar surface area (TPSA) is 62.5 Å². The molecule has 2 aliphatic carbocycles. The smallest absolute Gasteiger partial charge is 0.164 e. The zero-order valence-corrected chi connectivity index (χ0v) is 27.0. The van der Waals surface area contributed by atoms with E-state index in [0.29, 0.717) is 23.0 Å². The quantitative estimate of drug-likeness (QED) is 0.195. The lowest BCUT2D eigenvalue weighted by atomic mass is 9.54. The summed E-state index contributed by atoms with van der Waals surface area (Å²) in [5.74, 6) is 4.40. The average Bonchev–Trinajstić information content (AvgIpc) is 3.10. The Morgan fingerprint density at radius 2 is 1.21 bits per heavy atom. The first-order chi connectivity index (χ1) is 23.0. The van der Waals surface area contributed by atoms with Gasteiger partial charge in [0.2, 0.25) is 0 Å². The van der Waals surface area contributed by atoms with Crippen molar-refractivity contribution in [3.63, 3.8) is 0 Å². The van der Waals surface area contributed by atoms with E-state index in [4.69, 9.17) is 15.0 Å². The normalized spacial score (nSPS) is 22.1. The molecule has 8 rings (SSSR count). The van der Waals surface area contributed by atoms with E-state index in [2.05, 4.69) is 92.7 Å². The average molecular weight is 611 g/mol. The summed E-state index contributed by atoms with van der Waals surface area (Å²) in [6.07, 6.45) is 6.65. The van der Waals surface area contributed by atoms with Crippen molar-refractivity contribution in [2.24, 2.45) is 17.8 Å². The highest BCUT2D eigenvalue weighted by Gasteiger charge is 2.45. The van der Waals surface area contributed by atoms with Gasteiger partial charge in [-0.3, -0.25) is 0 Å². The maximum absolute atomic E-state index is 9.41. The third-order valence-electron chi connectivity index (χ3n) is 10.5. The van der Waals surface area contributed by atoms with Gasteiger partial charge in [0.1, 0.15) is 0 Å². The van der Waals surface area contributed by atoms with Crippen molar-refractivity contribution in [3.05, 3.63) is 126 Å².